The van der Waals surface area contributed by atoms with E-state index in [-0.39, 0.29) is 13.0 Å². The maximum Gasteiger partial charge on any atom is 0.408 e. The van der Waals surface area contributed by atoms with Gasteiger partial charge >= 0.3 is 12.1 Å². The number of carbonyl (C=O) groups excluding carboxylic acids is 3. The Kier molecular flexibility index (Phi) is 7.89. The normalized spacial score (nSPS) is 12.1. The molecule has 0 aliphatic heterocycles. The smallest absolute Gasteiger partial charge is 0.408 e. The van der Waals surface area contributed by atoms with Crippen molar-refractivity contribution in [1.82, 2.24) is 10.6 Å². The third-order valence-corrected chi connectivity index (χ3v) is 3.41. The van der Waals surface area contributed by atoms with E-state index in [9.17, 15) is 14.4 Å². The van der Waals surface area contributed by atoms with Crippen molar-refractivity contribution in [2.45, 2.75) is 45.8 Å². The number of halogens is 1. The van der Waals surface area contributed by atoms with Crippen LogP contribution in [0.15, 0.2) is 18.2 Å². The lowest BCUT2D eigenvalue weighted by molar-refractivity contribution is -0.141. The second-order valence-corrected chi connectivity index (χ2v) is 7.25. The first-order valence-electron chi connectivity index (χ1n) is 8.10. The van der Waals surface area contributed by atoms with E-state index in [4.69, 9.17) is 16.3 Å². The van der Waals surface area contributed by atoms with Crippen molar-refractivity contribution in [1.29, 1.82) is 0 Å². The van der Waals surface area contributed by atoms with Crippen LogP contribution in [0.3, 0.4) is 0 Å². The molecule has 26 heavy (non-hydrogen) atoms. The predicted octanol–water partition coefficient (Wildman–Crippen LogP) is 2.89. The summed E-state index contributed by atoms with van der Waals surface area (Å²) >= 11 is 6.06. The van der Waals surface area contributed by atoms with Crippen LogP contribution >= 0.6 is 11.6 Å². The topological polar surface area (TPSA) is 93.7 Å². The van der Waals surface area contributed by atoms with Crippen molar-refractivity contribution in [3.63, 3.8) is 0 Å². The third-order valence-electron chi connectivity index (χ3n) is 3.19. The zero-order valence-electron chi connectivity index (χ0n) is 15.6. The van der Waals surface area contributed by atoms with Crippen molar-refractivity contribution in [3.05, 3.63) is 34.3 Å². The lowest BCUT2D eigenvalue weighted by atomic mass is 10.0. The number of methoxy groups -OCH3 is 1. The highest BCUT2D eigenvalue weighted by atomic mass is 35.5. The molecule has 0 unspecified atom stereocenters. The Morgan fingerprint density at radius 2 is 1.85 bits per heavy atom. The lowest BCUT2D eigenvalue weighted by Crippen LogP contribution is -2.41. The fourth-order valence-corrected chi connectivity index (χ4v) is 2.48. The summed E-state index contributed by atoms with van der Waals surface area (Å²) in [5.74, 6) is -0.949. The highest BCUT2D eigenvalue weighted by Crippen LogP contribution is 2.23. The van der Waals surface area contributed by atoms with E-state index in [0.29, 0.717) is 10.6 Å². The molecule has 0 heterocycles. The number of aryl methyl sites for hydroxylation is 1. The lowest BCUT2D eigenvalue weighted by Gasteiger charge is -2.21. The van der Waals surface area contributed by atoms with Crippen LogP contribution in [0.2, 0.25) is 5.02 Å². The van der Waals surface area contributed by atoms with Crippen molar-refractivity contribution in [2.24, 2.45) is 0 Å². The Morgan fingerprint density at radius 1 is 1.19 bits per heavy atom. The summed E-state index contributed by atoms with van der Waals surface area (Å²) in [5, 5.41) is 5.57. The monoisotopic (exact) mass is 384 g/mol. The molecule has 1 atom stereocenters. The maximum absolute atomic E-state index is 12.2. The van der Waals surface area contributed by atoms with Gasteiger partial charge in [-0.3, -0.25) is 9.59 Å². The molecule has 0 radical (unpaired) electrons. The number of ether oxygens (including phenoxy) is 2. The Balaban J connectivity index is 2.77. The van der Waals surface area contributed by atoms with E-state index in [2.05, 4.69) is 15.4 Å². The minimum atomic E-state index is -0.698. The summed E-state index contributed by atoms with van der Waals surface area (Å²) in [7, 11) is 1.27. The van der Waals surface area contributed by atoms with Crippen LogP contribution in [-0.2, 0) is 19.1 Å². The van der Waals surface area contributed by atoms with Crippen molar-refractivity contribution in [2.75, 3.05) is 13.7 Å². The molecule has 1 aromatic rings. The van der Waals surface area contributed by atoms with E-state index in [1.807, 2.05) is 13.0 Å². The zero-order valence-corrected chi connectivity index (χ0v) is 16.4. The fourth-order valence-electron chi connectivity index (χ4n) is 2.18. The average Bonchev–Trinajstić information content (AvgIpc) is 2.49. The van der Waals surface area contributed by atoms with Gasteiger partial charge in [-0.1, -0.05) is 17.7 Å². The van der Waals surface area contributed by atoms with Crippen LogP contribution < -0.4 is 10.6 Å². The largest absolute Gasteiger partial charge is 0.469 e. The molecule has 144 valence electrons. The minimum Gasteiger partial charge on any atom is -0.469 e. The molecule has 2 N–H and O–H groups in total. The number of hydrogen-bond acceptors (Lipinski definition) is 5. The Labute approximate surface area is 158 Å². The number of benzene rings is 1. The summed E-state index contributed by atoms with van der Waals surface area (Å²) in [6.07, 6.45) is -0.759. The van der Waals surface area contributed by atoms with Crippen LogP contribution in [0.4, 0.5) is 4.79 Å². The van der Waals surface area contributed by atoms with Gasteiger partial charge in [0, 0.05) is 5.02 Å². The molecule has 8 heteroatoms. The second kappa shape index (κ2) is 9.43. The predicted molar refractivity (Wildman–Crippen MR) is 97.9 cm³/mol. The first-order chi connectivity index (χ1) is 12.0. The van der Waals surface area contributed by atoms with Gasteiger partial charge in [0.2, 0.25) is 5.91 Å². The molecule has 0 fully saturated rings. The van der Waals surface area contributed by atoms with Crippen LogP contribution in [0.5, 0.6) is 0 Å². The molecule has 0 saturated heterocycles. The number of nitrogens with one attached hydrogen (secondary N) is 2. The van der Waals surface area contributed by atoms with E-state index in [1.54, 1.807) is 32.9 Å². The van der Waals surface area contributed by atoms with Gasteiger partial charge in [-0.15, -0.1) is 0 Å². The highest BCUT2D eigenvalue weighted by Gasteiger charge is 2.21. The van der Waals surface area contributed by atoms with E-state index in [0.717, 1.165) is 5.56 Å². The molecule has 0 bridgehead atoms. The minimum absolute atomic E-state index is 0.0611. The van der Waals surface area contributed by atoms with Gasteiger partial charge in [0.1, 0.15) is 12.1 Å². The van der Waals surface area contributed by atoms with Crippen LogP contribution in [0.25, 0.3) is 0 Å². The zero-order chi connectivity index (χ0) is 19.9. The van der Waals surface area contributed by atoms with Gasteiger partial charge in [0.25, 0.3) is 0 Å². The third kappa shape index (κ3) is 8.20. The van der Waals surface area contributed by atoms with E-state index in [1.165, 1.54) is 7.11 Å². The molecular formula is C18H25ClN2O5. The second-order valence-electron chi connectivity index (χ2n) is 6.82. The number of amides is 2. The van der Waals surface area contributed by atoms with Crippen molar-refractivity contribution >= 4 is 29.6 Å². The molecular weight excluding hydrogens is 360 g/mol. The number of carbonyl (C=O) groups is 3. The number of esters is 1. The quantitative estimate of drug-likeness (QED) is 0.735. The molecule has 0 aliphatic rings. The fraction of sp³-hybridized carbons (Fsp3) is 0.500. The first-order valence-corrected chi connectivity index (χ1v) is 8.48. The van der Waals surface area contributed by atoms with Crippen molar-refractivity contribution in [3.8, 4) is 0 Å². The summed E-state index contributed by atoms with van der Waals surface area (Å²) in [4.78, 5) is 35.5. The van der Waals surface area contributed by atoms with Gasteiger partial charge in [0.05, 0.1) is 19.6 Å². The standard InChI is InChI=1S/C18H25ClN2O5/c1-11-6-12(8-13(19)7-11)14(9-16(23)25-5)21-15(22)10-20-17(24)26-18(2,3)4/h6-8,14H,9-10H2,1-5H3,(H,20,24)(H,21,22)/t14-/m0/s1. The summed E-state index contributed by atoms with van der Waals surface area (Å²) < 4.78 is 9.75. The van der Waals surface area contributed by atoms with Crippen LogP contribution in [0.1, 0.15) is 44.4 Å². The SMILES string of the molecule is COC(=O)C[C@H](NC(=O)CNC(=O)OC(C)(C)C)c1cc(C)cc(Cl)c1. The molecule has 1 aromatic carbocycles. The average molecular weight is 385 g/mol. The van der Waals surface area contributed by atoms with Gasteiger partial charge in [-0.05, 0) is 51.0 Å². The molecule has 0 aromatic heterocycles. The molecule has 1 rings (SSSR count). The number of rotatable bonds is 6. The molecule has 0 spiro atoms. The van der Waals surface area contributed by atoms with Gasteiger partial charge < -0.3 is 20.1 Å². The van der Waals surface area contributed by atoms with E-state index < -0.39 is 29.6 Å². The van der Waals surface area contributed by atoms with E-state index >= 15 is 0 Å². The molecule has 2 amide bonds. The van der Waals surface area contributed by atoms with Crippen LogP contribution in [-0.4, -0.2) is 37.2 Å². The maximum atomic E-state index is 12.2. The van der Waals surface area contributed by atoms with Crippen LogP contribution in [0, 0.1) is 6.92 Å². The Hall–Kier alpha value is -2.28. The Morgan fingerprint density at radius 3 is 2.38 bits per heavy atom. The highest BCUT2D eigenvalue weighted by molar-refractivity contribution is 6.30. The van der Waals surface area contributed by atoms with Gasteiger partial charge in [-0.25, -0.2) is 4.79 Å². The summed E-state index contributed by atoms with van der Waals surface area (Å²) in [6, 6.07) is 4.63. The number of hydrogen-bond donors (Lipinski definition) is 2. The Bertz CT molecular complexity index is 650. The number of alkyl carbamates (subject to hydrolysis) is 1. The summed E-state index contributed by atoms with van der Waals surface area (Å²) in [5.41, 5.74) is 0.904. The van der Waals surface area contributed by atoms with Gasteiger partial charge in [0.15, 0.2) is 0 Å². The summed E-state index contributed by atoms with van der Waals surface area (Å²) in [6.45, 7) is 6.74. The van der Waals surface area contributed by atoms with Gasteiger partial charge in [-0.2, -0.15) is 0 Å². The van der Waals surface area contributed by atoms with Crippen molar-refractivity contribution < 1.29 is 23.9 Å². The first kappa shape index (κ1) is 21.8. The molecule has 7 nitrogen and oxygen atoms in total. The molecule has 0 aliphatic carbocycles. The molecule has 0 saturated carbocycles.